The van der Waals surface area contributed by atoms with Gasteiger partial charge in [-0.3, -0.25) is 4.57 Å². The molecule has 0 spiro atoms. The minimum Gasteiger partial charge on any atom is -0.496 e. The normalized spacial score (nSPS) is 13.1. The number of hydrogen-bond acceptors (Lipinski definition) is 5. The Kier molecular flexibility index (Phi) is 8.40. The van der Waals surface area contributed by atoms with E-state index in [1.165, 1.54) is 7.11 Å². The zero-order chi connectivity index (χ0) is 26.5. The average Bonchev–Trinajstić information content (AvgIpc) is 2.90. The fourth-order valence-electron chi connectivity index (χ4n) is 3.83. The Balaban J connectivity index is 1.65. The molecule has 4 aromatic rings. The maximum Gasteiger partial charge on any atom is 0.310 e. The van der Waals surface area contributed by atoms with Gasteiger partial charge in [0.25, 0.3) is 0 Å². The highest BCUT2D eigenvalue weighted by atomic mass is 35.5. The van der Waals surface area contributed by atoms with Gasteiger partial charge in [-0.2, -0.15) is 0 Å². The molecule has 37 heavy (non-hydrogen) atoms. The molecule has 0 aromatic heterocycles. The summed E-state index contributed by atoms with van der Waals surface area (Å²) < 4.78 is 54.5. The lowest BCUT2D eigenvalue weighted by atomic mass is 10.1. The van der Waals surface area contributed by atoms with Crippen LogP contribution in [0.1, 0.15) is 11.1 Å². The van der Waals surface area contributed by atoms with E-state index in [2.05, 4.69) is 4.72 Å². The topological polar surface area (TPSA) is 81.7 Å². The van der Waals surface area contributed by atoms with Crippen LogP contribution in [0.25, 0.3) is 0 Å². The zero-order valence-electron chi connectivity index (χ0n) is 20.4. The summed E-state index contributed by atoms with van der Waals surface area (Å²) >= 11 is 6.27. The number of ether oxygens (including phenoxy) is 1. The summed E-state index contributed by atoms with van der Waals surface area (Å²) in [5.74, 6) is 0.785. The summed E-state index contributed by atoms with van der Waals surface area (Å²) in [5.41, 5.74) is 1.59. The molecule has 0 radical (unpaired) electrons. The average molecular weight is 556 g/mol. The van der Waals surface area contributed by atoms with Crippen LogP contribution in [0.5, 0.6) is 11.5 Å². The Labute approximate surface area is 222 Å². The Morgan fingerprint density at radius 2 is 1.54 bits per heavy atom. The highest BCUT2D eigenvalue weighted by Crippen LogP contribution is 2.48. The van der Waals surface area contributed by atoms with Crippen LogP contribution >= 0.6 is 19.0 Å². The predicted octanol–water partition coefficient (Wildman–Crippen LogP) is 5.49. The van der Waals surface area contributed by atoms with Crippen LogP contribution in [0, 0.1) is 6.92 Å². The standard InChI is InChI=1S/C28H27ClNO5PS/c1-21-12-15-25(16-13-21)37(32,33)30-19-18-22-20-23(29)14-17-26(22)35-36(31,24-8-4-3-5-9-24)28-11-7-6-10-27(28)34-2/h3-17,20,30H,18-19H2,1-2H3/t36-/m1/s1. The molecule has 0 aliphatic rings. The molecule has 0 unspecified atom stereocenters. The second kappa shape index (κ2) is 11.5. The summed E-state index contributed by atoms with van der Waals surface area (Å²) in [6, 6.07) is 27.6. The number of halogens is 1. The van der Waals surface area contributed by atoms with Crippen molar-refractivity contribution >= 4 is 39.6 Å². The molecule has 0 bridgehead atoms. The Morgan fingerprint density at radius 1 is 0.865 bits per heavy atom. The molecule has 0 aliphatic carbocycles. The van der Waals surface area contributed by atoms with E-state index in [1.807, 2.05) is 13.0 Å². The van der Waals surface area contributed by atoms with Crippen molar-refractivity contribution in [2.45, 2.75) is 18.2 Å². The van der Waals surface area contributed by atoms with E-state index < -0.39 is 17.4 Å². The molecule has 0 aliphatic heterocycles. The van der Waals surface area contributed by atoms with E-state index in [-0.39, 0.29) is 17.9 Å². The van der Waals surface area contributed by atoms with E-state index in [0.717, 1.165) is 5.56 Å². The summed E-state index contributed by atoms with van der Waals surface area (Å²) in [6.07, 6.45) is 0.266. The fourth-order valence-corrected chi connectivity index (χ4v) is 7.30. The van der Waals surface area contributed by atoms with Gasteiger partial charge < -0.3 is 9.26 Å². The van der Waals surface area contributed by atoms with E-state index in [9.17, 15) is 13.0 Å². The van der Waals surface area contributed by atoms with Gasteiger partial charge in [-0.05, 0) is 73.5 Å². The van der Waals surface area contributed by atoms with Crippen LogP contribution in [-0.4, -0.2) is 22.1 Å². The first-order chi connectivity index (χ1) is 17.7. The monoisotopic (exact) mass is 555 g/mol. The summed E-state index contributed by atoms with van der Waals surface area (Å²) in [7, 11) is -5.85. The van der Waals surface area contributed by atoms with Crippen LogP contribution in [0.15, 0.2) is 102 Å². The SMILES string of the molecule is COc1ccccc1[P@](=O)(Oc1ccc(Cl)cc1CCNS(=O)(=O)c1ccc(C)cc1)c1ccccc1. The lowest BCUT2D eigenvalue weighted by Gasteiger charge is -2.23. The maximum absolute atomic E-state index is 14.6. The van der Waals surface area contributed by atoms with Gasteiger partial charge in [-0.1, -0.05) is 59.6 Å². The molecule has 0 saturated carbocycles. The van der Waals surface area contributed by atoms with Gasteiger partial charge in [-0.25, -0.2) is 13.1 Å². The summed E-state index contributed by atoms with van der Waals surface area (Å²) in [5, 5.41) is 1.38. The van der Waals surface area contributed by atoms with E-state index in [0.29, 0.717) is 32.7 Å². The molecule has 1 atom stereocenters. The van der Waals surface area contributed by atoms with Crippen molar-refractivity contribution in [2.75, 3.05) is 13.7 Å². The third-order valence-corrected chi connectivity index (χ3v) is 9.91. The molecule has 0 heterocycles. The van der Waals surface area contributed by atoms with Crippen molar-refractivity contribution in [1.29, 1.82) is 0 Å². The molecular weight excluding hydrogens is 529 g/mol. The first-order valence-corrected chi connectivity index (χ1v) is 15.0. The van der Waals surface area contributed by atoms with Crippen molar-refractivity contribution in [3.63, 3.8) is 0 Å². The second-order valence-electron chi connectivity index (χ2n) is 8.36. The predicted molar refractivity (Wildman–Crippen MR) is 148 cm³/mol. The molecule has 0 saturated heterocycles. The number of nitrogens with one attached hydrogen (secondary N) is 1. The lowest BCUT2D eigenvalue weighted by molar-refractivity contribution is 0.416. The van der Waals surface area contributed by atoms with Crippen molar-refractivity contribution in [2.24, 2.45) is 0 Å². The van der Waals surface area contributed by atoms with Gasteiger partial charge >= 0.3 is 7.37 Å². The molecule has 9 heteroatoms. The fraction of sp³-hybridized carbons (Fsp3) is 0.143. The lowest BCUT2D eigenvalue weighted by Crippen LogP contribution is -2.26. The van der Waals surface area contributed by atoms with Crippen LogP contribution in [0.2, 0.25) is 5.02 Å². The van der Waals surface area contributed by atoms with Crippen molar-refractivity contribution in [3.05, 3.63) is 113 Å². The molecular formula is C28H27ClNO5PS. The van der Waals surface area contributed by atoms with E-state index in [4.69, 9.17) is 20.9 Å². The largest absolute Gasteiger partial charge is 0.496 e. The minimum atomic E-state index is -3.70. The first kappa shape index (κ1) is 27.0. The summed E-state index contributed by atoms with van der Waals surface area (Å²) in [4.78, 5) is 0.186. The highest BCUT2D eigenvalue weighted by Gasteiger charge is 2.34. The number of rotatable bonds is 10. The number of sulfonamides is 1. The van der Waals surface area contributed by atoms with Gasteiger partial charge in [0.05, 0.1) is 22.6 Å². The number of para-hydroxylation sites is 1. The minimum absolute atomic E-state index is 0.0945. The third-order valence-electron chi connectivity index (χ3n) is 5.77. The van der Waals surface area contributed by atoms with Gasteiger partial charge in [0.2, 0.25) is 10.0 Å². The van der Waals surface area contributed by atoms with Crippen LogP contribution < -0.4 is 24.6 Å². The third kappa shape index (κ3) is 6.25. The van der Waals surface area contributed by atoms with Crippen LogP contribution in [0.3, 0.4) is 0 Å². The molecule has 0 amide bonds. The number of aryl methyl sites for hydroxylation is 1. The maximum atomic E-state index is 14.6. The smallest absolute Gasteiger partial charge is 0.310 e. The van der Waals surface area contributed by atoms with Gasteiger partial charge in [0.1, 0.15) is 11.5 Å². The van der Waals surface area contributed by atoms with Gasteiger partial charge in [0.15, 0.2) is 0 Å². The molecule has 192 valence electrons. The zero-order valence-corrected chi connectivity index (χ0v) is 22.9. The Morgan fingerprint density at radius 3 is 2.24 bits per heavy atom. The molecule has 0 fully saturated rings. The quantitative estimate of drug-likeness (QED) is 0.262. The molecule has 4 rings (SSSR count). The van der Waals surface area contributed by atoms with E-state index >= 15 is 0 Å². The number of hydrogen-bond donors (Lipinski definition) is 1. The highest BCUT2D eigenvalue weighted by molar-refractivity contribution is 7.89. The Hall–Kier alpha value is -3.09. The molecule has 6 nitrogen and oxygen atoms in total. The van der Waals surface area contributed by atoms with Crippen molar-refractivity contribution < 1.29 is 22.2 Å². The number of benzene rings is 4. The van der Waals surface area contributed by atoms with Crippen LogP contribution in [0.4, 0.5) is 0 Å². The van der Waals surface area contributed by atoms with E-state index in [1.54, 1.807) is 91.0 Å². The number of methoxy groups -OCH3 is 1. The second-order valence-corrected chi connectivity index (χ2v) is 12.9. The first-order valence-electron chi connectivity index (χ1n) is 11.6. The van der Waals surface area contributed by atoms with Crippen LogP contribution in [-0.2, 0) is 21.0 Å². The van der Waals surface area contributed by atoms with Crippen molar-refractivity contribution in [1.82, 2.24) is 4.72 Å². The van der Waals surface area contributed by atoms with Gasteiger partial charge in [0, 0.05) is 11.6 Å². The molecule has 4 aromatic carbocycles. The van der Waals surface area contributed by atoms with Crippen molar-refractivity contribution in [3.8, 4) is 11.5 Å². The Bertz CT molecular complexity index is 1530. The molecule has 1 N–H and O–H groups in total. The summed E-state index contributed by atoms with van der Waals surface area (Å²) in [6.45, 7) is 1.99. The van der Waals surface area contributed by atoms with Gasteiger partial charge in [-0.15, -0.1) is 0 Å².